The fourth-order valence-electron chi connectivity index (χ4n) is 4.73. The molecule has 11 heteroatoms. The number of pyridine rings is 1. The lowest BCUT2D eigenvalue weighted by Crippen LogP contribution is -2.45. The number of hydrogen-bond donors (Lipinski definition) is 1. The molecule has 0 aliphatic carbocycles. The first-order valence-electron chi connectivity index (χ1n) is 11.7. The second-order valence-corrected chi connectivity index (χ2v) is 9.83. The van der Waals surface area contributed by atoms with Gasteiger partial charge in [0.1, 0.15) is 5.82 Å². The Kier molecular flexibility index (Phi) is 6.78. The highest BCUT2D eigenvalue weighted by Gasteiger charge is 2.61. The number of fused-ring (bicyclic) bond motifs is 7. The second-order valence-electron chi connectivity index (χ2n) is 8.98. The maximum absolute atomic E-state index is 14.7. The Labute approximate surface area is 214 Å². The Morgan fingerprint density at radius 1 is 1.19 bits per heavy atom. The van der Waals surface area contributed by atoms with Crippen LogP contribution in [0.25, 0.3) is 11.6 Å². The van der Waals surface area contributed by atoms with Gasteiger partial charge < -0.3 is 19.8 Å². The molecular formula is C25H25BrF3N5O2. The second kappa shape index (κ2) is 9.85. The molecule has 3 aromatic rings. The van der Waals surface area contributed by atoms with Crippen molar-refractivity contribution < 1.29 is 22.3 Å². The first-order chi connectivity index (χ1) is 17.3. The van der Waals surface area contributed by atoms with Crippen molar-refractivity contribution in [1.29, 1.82) is 0 Å². The summed E-state index contributed by atoms with van der Waals surface area (Å²) < 4.78 is 56.2. The number of aromatic nitrogens is 3. The van der Waals surface area contributed by atoms with E-state index in [9.17, 15) is 13.2 Å². The van der Waals surface area contributed by atoms with E-state index in [-0.39, 0.29) is 36.3 Å². The predicted octanol–water partition coefficient (Wildman–Crippen LogP) is 6.16. The molecule has 36 heavy (non-hydrogen) atoms. The molecule has 5 rings (SSSR count). The largest absolute Gasteiger partial charge is 0.426 e. The molecule has 0 saturated carbocycles. The fraction of sp³-hybridized carbons (Fsp3) is 0.400. The summed E-state index contributed by atoms with van der Waals surface area (Å²) in [4.78, 5) is 6.85. The molecular weight excluding hydrogens is 539 g/mol. The van der Waals surface area contributed by atoms with Gasteiger partial charge in [0.15, 0.2) is 5.69 Å². The molecule has 190 valence electrons. The third kappa shape index (κ3) is 4.61. The molecule has 1 unspecified atom stereocenters. The van der Waals surface area contributed by atoms with Crippen molar-refractivity contribution in [2.75, 3.05) is 17.2 Å². The first kappa shape index (κ1) is 24.8. The number of rotatable bonds is 3. The molecule has 4 heterocycles. The minimum atomic E-state index is -4.82. The monoisotopic (exact) mass is 563 g/mol. The number of anilines is 2. The number of nitrogen functional groups attached to an aromatic ring is 1. The molecule has 4 bridgehead atoms. The third-order valence-corrected chi connectivity index (χ3v) is 7.22. The maximum Gasteiger partial charge on any atom is 0.426 e. The van der Waals surface area contributed by atoms with E-state index in [1.54, 1.807) is 42.5 Å². The summed E-state index contributed by atoms with van der Waals surface area (Å²) in [6, 6.07) is 10.5. The van der Waals surface area contributed by atoms with Gasteiger partial charge in [0.25, 0.3) is 11.8 Å². The Morgan fingerprint density at radius 2 is 2.00 bits per heavy atom. The summed E-state index contributed by atoms with van der Waals surface area (Å²) in [6.45, 7) is 0.536. The molecule has 1 saturated heterocycles. The van der Waals surface area contributed by atoms with Crippen LogP contribution in [0.2, 0.25) is 0 Å². The standard InChI is InChI=1S/C25H25BrF3N5O2/c26-18-14-19(30)20-22-32-33-23(36-22)24(25(27,28)29,35-15-16-8-3-1-4-9-16)12-6-2-5-10-17-11-7-13-34(17)21(18)31-20/h1-5,8-9,14,17H,6-7,10-13,15,30H2/b5-2-/t17-,24?/m1/s1. The van der Waals surface area contributed by atoms with Crippen molar-refractivity contribution in [2.45, 2.75) is 56.5 Å². The summed E-state index contributed by atoms with van der Waals surface area (Å²) in [5.74, 6) is -0.207. The van der Waals surface area contributed by atoms with Crippen LogP contribution in [0, 0.1) is 0 Å². The third-order valence-electron chi connectivity index (χ3n) is 6.63. The van der Waals surface area contributed by atoms with Crippen LogP contribution in [0.3, 0.4) is 0 Å². The van der Waals surface area contributed by atoms with Crippen LogP contribution in [0.1, 0.15) is 43.6 Å². The Balaban J connectivity index is 1.62. The number of ether oxygens (including phenoxy) is 1. The number of nitrogens with zero attached hydrogens (tertiary/aromatic N) is 4. The van der Waals surface area contributed by atoms with Crippen LogP contribution < -0.4 is 10.6 Å². The minimum absolute atomic E-state index is 0.119. The topological polar surface area (TPSA) is 90.3 Å². The zero-order valence-electron chi connectivity index (χ0n) is 19.3. The zero-order valence-corrected chi connectivity index (χ0v) is 20.9. The van der Waals surface area contributed by atoms with Gasteiger partial charge in [0.05, 0.1) is 16.8 Å². The number of halogens is 4. The Bertz CT molecular complexity index is 1250. The van der Waals surface area contributed by atoms with Gasteiger partial charge in [-0.25, -0.2) is 4.98 Å². The van der Waals surface area contributed by atoms with Crippen molar-refractivity contribution in [2.24, 2.45) is 0 Å². The first-order valence-corrected chi connectivity index (χ1v) is 12.5. The Morgan fingerprint density at radius 3 is 2.78 bits per heavy atom. The molecule has 0 radical (unpaired) electrons. The smallest absolute Gasteiger partial charge is 0.416 e. The van der Waals surface area contributed by atoms with Crippen molar-refractivity contribution in [3.05, 3.63) is 64.5 Å². The lowest BCUT2D eigenvalue weighted by atomic mass is 9.95. The fourth-order valence-corrected chi connectivity index (χ4v) is 5.29. The quantitative estimate of drug-likeness (QED) is 0.381. The normalized spacial score (nSPS) is 23.2. The highest BCUT2D eigenvalue weighted by atomic mass is 79.9. The van der Waals surface area contributed by atoms with Gasteiger partial charge >= 0.3 is 6.18 Å². The summed E-state index contributed by atoms with van der Waals surface area (Å²) in [5.41, 5.74) is 4.35. The summed E-state index contributed by atoms with van der Waals surface area (Å²) in [5, 5.41) is 7.75. The van der Waals surface area contributed by atoms with Crippen molar-refractivity contribution in [3.8, 4) is 11.6 Å². The highest BCUT2D eigenvalue weighted by molar-refractivity contribution is 9.10. The van der Waals surface area contributed by atoms with Gasteiger partial charge in [-0.2, -0.15) is 13.2 Å². The molecule has 2 atom stereocenters. The number of alkyl halides is 3. The zero-order chi connectivity index (χ0) is 25.3. The number of benzene rings is 1. The van der Waals surface area contributed by atoms with Crippen LogP contribution in [0.4, 0.5) is 24.7 Å². The van der Waals surface area contributed by atoms with E-state index >= 15 is 0 Å². The van der Waals surface area contributed by atoms with E-state index in [0.717, 1.165) is 19.4 Å². The number of hydrogen-bond acceptors (Lipinski definition) is 7. The SMILES string of the molecule is Nc1cc(Br)c2nc1-c1nnc(o1)C(OCc1ccccc1)(C(F)(F)F)CC/C=C\C[C@@H]1CCCN21. The van der Waals surface area contributed by atoms with Crippen molar-refractivity contribution >= 4 is 27.4 Å². The van der Waals surface area contributed by atoms with E-state index < -0.39 is 24.1 Å². The van der Waals surface area contributed by atoms with Crippen LogP contribution in [0.15, 0.2) is 57.4 Å². The van der Waals surface area contributed by atoms with Crippen molar-refractivity contribution in [3.63, 3.8) is 0 Å². The van der Waals surface area contributed by atoms with Gasteiger partial charge in [-0.3, -0.25) is 0 Å². The van der Waals surface area contributed by atoms with Crippen LogP contribution in [-0.4, -0.2) is 33.9 Å². The summed E-state index contributed by atoms with van der Waals surface area (Å²) >= 11 is 3.54. The van der Waals surface area contributed by atoms with Gasteiger partial charge in [-0.1, -0.05) is 42.5 Å². The van der Waals surface area contributed by atoms with Gasteiger partial charge in [0, 0.05) is 12.6 Å². The molecule has 2 aliphatic heterocycles. The van der Waals surface area contributed by atoms with Crippen LogP contribution >= 0.6 is 15.9 Å². The molecule has 1 aromatic carbocycles. The van der Waals surface area contributed by atoms with E-state index in [0.29, 0.717) is 22.3 Å². The Hall–Kier alpha value is -2.92. The highest BCUT2D eigenvalue weighted by Crippen LogP contribution is 2.47. The molecule has 0 amide bonds. The van der Waals surface area contributed by atoms with Crippen LogP contribution in [0.5, 0.6) is 0 Å². The minimum Gasteiger partial charge on any atom is -0.416 e. The van der Waals surface area contributed by atoms with Crippen LogP contribution in [-0.2, 0) is 16.9 Å². The molecule has 2 aromatic heterocycles. The van der Waals surface area contributed by atoms with Crippen molar-refractivity contribution in [1.82, 2.24) is 15.2 Å². The van der Waals surface area contributed by atoms with E-state index in [2.05, 4.69) is 36.0 Å². The lowest BCUT2D eigenvalue weighted by molar-refractivity contribution is -0.299. The average molecular weight is 564 g/mol. The number of nitrogens with two attached hydrogens (primary N) is 1. The molecule has 2 aliphatic rings. The predicted molar refractivity (Wildman–Crippen MR) is 132 cm³/mol. The lowest BCUT2D eigenvalue weighted by Gasteiger charge is -2.32. The van der Waals surface area contributed by atoms with Gasteiger partial charge in [0.2, 0.25) is 5.60 Å². The average Bonchev–Trinajstić information content (AvgIpc) is 3.51. The molecule has 0 spiro atoms. The van der Waals surface area contributed by atoms with Gasteiger partial charge in [-0.05, 0) is 59.7 Å². The van der Waals surface area contributed by atoms with E-state index in [1.165, 1.54) is 0 Å². The summed E-state index contributed by atoms with van der Waals surface area (Å²) in [7, 11) is 0. The summed E-state index contributed by atoms with van der Waals surface area (Å²) in [6.07, 6.45) is 1.22. The van der Waals surface area contributed by atoms with E-state index in [4.69, 9.17) is 14.9 Å². The molecule has 1 fully saturated rings. The maximum atomic E-state index is 14.7. The van der Waals surface area contributed by atoms with E-state index in [1.807, 2.05) is 6.08 Å². The van der Waals surface area contributed by atoms with Gasteiger partial charge in [-0.15, -0.1) is 10.2 Å². The molecule has 7 nitrogen and oxygen atoms in total. The molecule has 2 N–H and O–H groups in total. The number of allylic oxidation sites excluding steroid dienone is 1.